The van der Waals surface area contributed by atoms with Gasteiger partial charge < -0.3 is 16.4 Å². The number of primary amides is 1. The number of nitrogens with zero attached hydrogens (tertiary/aromatic N) is 1. The molecular formula is C8H15N3O2. The number of carbonyl (C=O) groups excluding carboxylic acids is 2. The lowest BCUT2D eigenvalue weighted by atomic mass is 10.2. The fourth-order valence-electron chi connectivity index (χ4n) is 1.59. The molecule has 2 amide bonds. The van der Waals surface area contributed by atoms with Crippen molar-refractivity contribution in [2.45, 2.75) is 31.8 Å². The first kappa shape index (κ1) is 9.98. The van der Waals surface area contributed by atoms with Crippen molar-refractivity contribution in [3.63, 3.8) is 0 Å². The van der Waals surface area contributed by atoms with Crippen LogP contribution in [0.1, 0.15) is 19.8 Å². The maximum absolute atomic E-state index is 11.5. The van der Waals surface area contributed by atoms with Crippen LogP contribution in [0.3, 0.4) is 0 Å². The smallest absolute Gasteiger partial charge is 0.240 e. The van der Waals surface area contributed by atoms with Gasteiger partial charge in [-0.15, -0.1) is 0 Å². The number of amides is 2. The van der Waals surface area contributed by atoms with Crippen LogP contribution >= 0.6 is 0 Å². The van der Waals surface area contributed by atoms with Crippen molar-refractivity contribution in [2.24, 2.45) is 11.5 Å². The summed E-state index contributed by atoms with van der Waals surface area (Å²) in [5, 5.41) is 0. The monoisotopic (exact) mass is 185 g/mol. The molecule has 1 saturated heterocycles. The molecule has 2 atom stereocenters. The van der Waals surface area contributed by atoms with Gasteiger partial charge in [-0.05, 0) is 19.8 Å². The third-order valence-electron chi connectivity index (χ3n) is 2.25. The molecule has 1 aliphatic heterocycles. The summed E-state index contributed by atoms with van der Waals surface area (Å²) in [6, 6.07) is -1.00. The Labute approximate surface area is 77.1 Å². The highest BCUT2D eigenvalue weighted by molar-refractivity contribution is 5.89. The van der Waals surface area contributed by atoms with Gasteiger partial charge in [-0.25, -0.2) is 0 Å². The van der Waals surface area contributed by atoms with Gasteiger partial charge in [0.1, 0.15) is 6.04 Å². The lowest BCUT2D eigenvalue weighted by Gasteiger charge is -2.23. The molecule has 0 aliphatic carbocycles. The number of nitrogens with two attached hydrogens (primary N) is 2. The van der Waals surface area contributed by atoms with Crippen molar-refractivity contribution < 1.29 is 9.59 Å². The third kappa shape index (κ3) is 1.98. The maximum atomic E-state index is 11.5. The standard InChI is InChI=1S/C8H15N3O2/c1-5(9)8(13)11-4-2-3-6(11)7(10)12/h5-6H,2-4,9H2,1H3,(H2,10,12). The fourth-order valence-corrected chi connectivity index (χ4v) is 1.59. The van der Waals surface area contributed by atoms with Crippen LogP contribution < -0.4 is 11.5 Å². The quantitative estimate of drug-likeness (QED) is 0.567. The van der Waals surface area contributed by atoms with E-state index in [2.05, 4.69) is 0 Å². The molecule has 1 fully saturated rings. The highest BCUT2D eigenvalue weighted by Gasteiger charge is 2.33. The Morgan fingerprint density at radius 2 is 2.15 bits per heavy atom. The Kier molecular flexibility index (Phi) is 2.87. The zero-order valence-electron chi connectivity index (χ0n) is 7.69. The van der Waals surface area contributed by atoms with Gasteiger partial charge in [-0.3, -0.25) is 9.59 Å². The van der Waals surface area contributed by atoms with Gasteiger partial charge in [0.2, 0.25) is 11.8 Å². The highest BCUT2D eigenvalue weighted by atomic mass is 16.2. The fraction of sp³-hybridized carbons (Fsp3) is 0.750. The molecule has 0 aromatic carbocycles. The van der Waals surface area contributed by atoms with Crippen LogP contribution in [0.2, 0.25) is 0 Å². The van der Waals surface area contributed by atoms with Crippen molar-refractivity contribution in [1.82, 2.24) is 4.90 Å². The molecule has 1 heterocycles. The number of hydrogen-bond donors (Lipinski definition) is 2. The van der Waals surface area contributed by atoms with Gasteiger partial charge in [0, 0.05) is 6.54 Å². The first-order valence-electron chi connectivity index (χ1n) is 4.39. The van der Waals surface area contributed by atoms with E-state index in [0.29, 0.717) is 13.0 Å². The Hall–Kier alpha value is -1.10. The van der Waals surface area contributed by atoms with Crippen LogP contribution in [0.5, 0.6) is 0 Å². The van der Waals surface area contributed by atoms with Crippen LogP contribution in [-0.4, -0.2) is 35.3 Å². The van der Waals surface area contributed by atoms with E-state index in [1.807, 2.05) is 0 Å². The second-order valence-electron chi connectivity index (χ2n) is 3.38. The van der Waals surface area contributed by atoms with E-state index in [4.69, 9.17) is 11.5 Å². The molecule has 0 aromatic heterocycles. The van der Waals surface area contributed by atoms with Crippen LogP contribution in [0.4, 0.5) is 0 Å². The molecule has 0 bridgehead atoms. The summed E-state index contributed by atoms with van der Waals surface area (Å²) in [5.41, 5.74) is 10.6. The summed E-state index contributed by atoms with van der Waals surface area (Å²) in [5.74, 6) is -0.632. The summed E-state index contributed by atoms with van der Waals surface area (Å²) in [6.45, 7) is 2.20. The predicted molar refractivity (Wildman–Crippen MR) is 47.6 cm³/mol. The Morgan fingerprint density at radius 1 is 1.54 bits per heavy atom. The zero-order chi connectivity index (χ0) is 10.0. The molecule has 1 rings (SSSR count). The second-order valence-corrected chi connectivity index (χ2v) is 3.38. The van der Waals surface area contributed by atoms with E-state index >= 15 is 0 Å². The van der Waals surface area contributed by atoms with Gasteiger partial charge >= 0.3 is 0 Å². The Balaban J connectivity index is 2.68. The number of rotatable bonds is 2. The van der Waals surface area contributed by atoms with E-state index in [0.717, 1.165) is 6.42 Å². The second kappa shape index (κ2) is 3.74. The molecule has 1 aliphatic rings. The largest absolute Gasteiger partial charge is 0.368 e. The number of hydrogen-bond acceptors (Lipinski definition) is 3. The van der Waals surface area contributed by atoms with E-state index in [-0.39, 0.29) is 5.91 Å². The van der Waals surface area contributed by atoms with E-state index in [9.17, 15) is 9.59 Å². The molecule has 0 spiro atoms. The first-order chi connectivity index (χ1) is 6.04. The molecule has 5 nitrogen and oxygen atoms in total. The van der Waals surface area contributed by atoms with E-state index < -0.39 is 18.0 Å². The molecule has 0 aromatic rings. The molecule has 13 heavy (non-hydrogen) atoms. The lowest BCUT2D eigenvalue weighted by Crippen LogP contribution is -2.49. The average molecular weight is 185 g/mol. The SMILES string of the molecule is CC(N)C(=O)N1CCCC1C(N)=O. The minimum absolute atomic E-state index is 0.193. The zero-order valence-corrected chi connectivity index (χ0v) is 7.69. The van der Waals surface area contributed by atoms with Crippen LogP contribution in [-0.2, 0) is 9.59 Å². The predicted octanol–water partition coefficient (Wildman–Crippen LogP) is -1.19. The van der Waals surface area contributed by atoms with Crippen molar-refractivity contribution in [3.8, 4) is 0 Å². The lowest BCUT2D eigenvalue weighted by molar-refractivity contribution is -0.138. The Bertz CT molecular complexity index is 227. The maximum Gasteiger partial charge on any atom is 0.240 e. The minimum Gasteiger partial charge on any atom is -0.368 e. The Morgan fingerprint density at radius 3 is 2.62 bits per heavy atom. The van der Waals surface area contributed by atoms with Crippen LogP contribution in [0.15, 0.2) is 0 Å². The van der Waals surface area contributed by atoms with E-state index in [1.54, 1.807) is 6.92 Å². The topological polar surface area (TPSA) is 89.4 Å². The van der Waals surface area contributed by atoms with Crippen LogP contribution in [0.25, 0.3) is 0 Å². The third-order valence-corrected chi connectivity index (χ3v) is 2.25. The summed E-state index contributed by atoms with van der Waals surface area (Å²) in [7, 11) is 0. The van der Waals surface area contributed by atoms with Crippen molar-refractivity contribution in [3.05, 3.63) is 0 Å². The van der Waals surface area contributed by atoms with Gasteiger partial charge in [0.05, 0.1) is 6.04 Å². The number of carbonyl (C=O) groups is 2. The summed E-state index contributed by atoms with van der Waals surface area (Å²) in [6.07, 6.45) is 1.49. The van der Waals surface area contributed by atoms with Crippen LogP contribution in [0, 0.1) is 0 Å². The molecule has 0 radical (unpaired) electrons. The highest BCUT2D eigenvalue weighted by Crippen LogP contribution is 2.17. The van der Waals surface area contributed by atoms with Crippen molar-refractivity contribution in [2.75, 3.05) is 6.54 Å². The average Bonchev–Trinajstić information content (AvgIpc) is 2.50. The number of likely N-dealkylation sites (tertiary alicyclic amines) is 1. The van der Waals surface area contributed by atoms with Gasteiger partial charge in [0.25, 0.3) is 0 Å². The minimum atomic E-state index is -0.556. The van der Waals surface area contributed by atoms with E-state index in [1.165, 1.54) is 4.90 Å². The first-order valence-corrected chi connectivity index (χ1v) is 4.39. The molecule has 2 unspecified atom stereocenters. The molecule has 0 saturated carbocycles. The van der Waals surface area contributed by atoms with Gasteiger partial charge in [-0.2, -0.15) is 0 Å². The van der Waals surface area contributed by atoms with Gasteiger partial charge in [0.15, 0.2) is 0 Å². The van der Waals surface area contributed by atoms with Crippen molar-refractivity contribution >= 4 is 11.8 Å². The molecular weight excluding hydrogens is 170 g/mol. The normalized spacial score (nSPS) is 24.5. The summed E-state index contributed by atoms with van der Waals surface area (Å²) >= 11 is 0. The molecule has 74 valence electrons. The summed E-state index contributed by atoms with van der Waals surface area (Å²) in [4.78, 5) is 23.9. The molecule has 4 N–H and O–H groups in total. The summed E-state index contributed by atoms with van der Waals surface area (Å²) < 4.78 is 0. The van der Waals surface area contributed by atoms with Crippen molar-refractivity contribution in [1.29, 1.82) is 0 Å². The molecule has 5 heteroatoms. The van der Waals surface area contributed by atoms with Gasteiger partial charge in [-0.1, -0.05) is 0 Å².